The Hall–Kier alpha value is -4.46. The van der Waals surface area contributed by atoms with Crippen molar-refractivity contribution < 1.29 is 28.8 Å². The molecule has 0 aliphatic heterocycles. The van der Waals surface area contributed by atoms with Crippen molar-refractivity contribution in [2.75, 3.05) is 0 Å². The van der Waals surface area contributed by atoms with Crippen LogP contribution in [-0.4, -0.2) is 34.3 Å². The number of nitro groups is 1. The number of benzene rings is 3. The van der Waals surface area contributed by atoms with Gasteiger partial charge in [0, 0.05) is 22.3 Å². The lowest BCUT2D eigenvalue weighted by atomic mass is 9.82. The van der Waals surface area contributed by atoms with Crippen LogP contribution in [0.4, 0.5) is 5.69 Å². The number of rotatable bonds is 5. The number of carbonyl (C=O) groups is 4. The number of ether oxygens (including phenoxy) is 1. The lowest BCUT2D eigenvalue weighted by molar-refractivity contribution is -0.385. The van der Waals surface area contributed by atoms with E-state index in [0.717, 1.165) is 17.2 Å². The molecule has 4 rings (SSSR count). The number of nitro benzene ring substituents is 1. The molecule has 0 bridgehead atoms. The van der Waals surface area contributed by atoms with Gasteiger partial charge in [0.05, 0.1) is 4.92 Å². The molecule has 0 saturated carbocycles. The molecular formula is C26H19NO7. The normalized spacial score (nSPS) is 13.0. The van der Waals surface area contributed by atoms with Crippen LogP contribution < -0.4 is 0 Å². The Morgan fingerprint density at radius 1 is 0.882 bits per heavy atom. The Kier molecular flexibility index (Phi) is 5.66. The zero-order valence-corrected chi connectivity index (χ0v) is 18.6. The maximum Gasteiger partial charge on any atom is 0.345 e. The molecule has 3 aromatic carbocycles. The molecule has 0 spiro atoms. The Balaban J connectivity index is 1.71. The van der Waals surface area contributed by atoms with E-state index in [4.69, 9.17) is 4.74 Å². The van der Waals surface area contributed by atoms with E-state index in [1.54, 1.807) is 30.3 Å². The third-order valence-electron chi connectivity index (χ3n) is 5.91. The first-order chi connectivity index (χ1) is 16.1. The van der Waals surface area contributed by atoms with Crippen molar-refractivity contribution in [3.63, 3.8) is 0 Å². The summed E-state index contributed by atoms with van der Waals surface area (Å²) in [6.07, 6.45) is -1.23. The minimum Gasteiger partial charge on any atom is -0.450 e. The maximum absolute atomic E-state index is 13.1. The molecule has 3 aromatic rings. The van der Waals surface area contributed by atoms with Crippen molar-refractivity contribution in [3.8, 4) is 0 Å². The van der Waals surface area contributed by atoms with Crippen molar-refractivity contribution in [1.29, 1.82) is 0 Å². The number of hydrogen-bond donors (Lipinski definition) is 0. The third-order valence-corrected chi connectivity index (χ3v) is 5.91. The second-order valence-electron chi connectivity index (χ2n) is 8.06. The zero-order chi connectivity index (χ0) is 24.7. The molecular weight excluding hydrogens is 438 g/mol. The first-order valence-electron chi connectivity index (χ1n) is 10.4. The van der Waals surface area contributed by atoms with Gasteiger partial charge in [-0.3, -0.25) is 24.5 Å². The van der Waals surface area contributed by atoms with Gasteiger partial charge in [-0.1, -0.05) is 36.4 Å². The van der Waals surface area contributed by atoms with E-state index in [9.17, 15) is 29.3 Å². The minimum absolute atomic E-state index is 0.0203. The smallest absolute Gasteiger partial charge is 0.345 e. The van der Waals surface area contributed by atoms with E-state index < -0.39 is 51.2 Å². The van der Waals surface area contributed by atoms with Crippen LogP contribution in [0.1, 0.15) is 70.6 Å². The molecule has 0 saturated heterocycles. The average molecular weight is 457 g/mol. The second kappa shape index (κ2) is 8.47. The van der Waals surface area contributed by atoms with Gasteiger partial charge in [0.15, 0.2) is 11.9 Å². The number of esters is 1. The quantitative estimate of drug-likeness (QED) is 0.188. The third kappa shape index (κ3) is 3.69. The fourth-order valence-corrected chi connectivity index (χ4v) is 3.93. The SMILES string of the molecule is Cc1ccc(C(=O)C(C)OC(=O)c2ccc3c(c2[N+](=O)[O-])C(=O)c2ccccc2C3=O)cc1C. The van der Waals surface area contributed by atoms with E-state index in [1.807, 2.05) is 13.8 Å². The summed E-state index contributed by atoms with van der Waals surface area (Å²) in [7, 11) is 0. The van der Waals surface area contributed by atoms with Crippen LogP contribution in [0.3, 0.4) is 0 Å². The van der Waals surface area contributed by atoms with E-state index in [-0.39, 0.29) is 16.7 Å². The summed E-state index contributed by atoms with van der Waals surface area (Å²) in [4.78, 5) is 62.6. The maximum atomic E-state index is 13.1. The highest BCUT2D eigenvalue weighted by Crippen LogP contribution is 2.36. The predicted octanol–water partition coefficient (Wildman–Crippen LogP) is 4.42. The molecule has 8 heteroatoms. The van der Waals surface area contributed by atoms with Gasteiger partial charge in [0.2, 0.25) is 11.6 Å². The van der Waals surface area contributed by atoms with Crippen LogP contribution in [0, 0.1) is 24.0 Å². The van der Waals surface area contributed by atoms with Gasteiger partial charge in [0.1, 0.15) is 11.1 Å². The molecule has 0 aromatic heterocycles. The number of fused-ring (bicyclic) bond motifs is 2. The summed E-state index contributed by atoms with van der Waals surface area (Å²) in [5.41, 5.74) is 0.419. The number of carbonyl (C=O) groups excluding carboxylic acids is 4. The molecule has 1 unspecified atom stereocenters. The molecule has 0 heterocycles. The highest BCUT2D eigenvalue weighted by atomic mass is 16.6. The highest BCUT2D eigenvalue weighted by molar-refractivity contribution is 6.30. The summed E-state index contributed by atoms with van der Waals surface area (Å²) >= 11 is 0. The highest BCUT2D eigenvalue weighted by Gasteiger charge is 2.39. The summed E-state index contributed by atoms with van der Waals surface area (Å²) in [5.74, 6) is -2.90. The molecule has 1 atom stereocenters. The molecule has 0 amide bonds. The number of aryl methyl sites for hydroxylation is 2. The van der Waals surface area contributed by atoms with Crippen LogP contribution in [0.15, 0.2) is 54.6 Å². The van der Waals surface area contributed by atoms with Gasteiger partial charge in [-0.25, -0.2) is 4.79 Å². The van der Waals surface area contributed by atoms with Crippen LogP contribution in [0.2, 0.25) is 0 Å². The molecule has 1 aliphatic rings. The van der Waals surface area contributed by atoms with Crippen molar-refractivity contribution >= 4 is 29.0 Å². The summed E-state index contributed by atoms with van der Waals surface area (Å²) in [6.45, 7) is 5.10. The summed E-state index contributed by atoms with van der Waals surface area (Å²) < 4.78 is 5.25. The Morgan fingerprint density at radius 3 is 2.15 bits per heavy atom. The lowest BCUT2D eigenvalue weighted by Gasteiger charge is -2.19. The predicted molar refractivity (Wildman–Crippen MR) is 122 cm³/mol. The first kappa shape index (κ1) is 22.7. The Bertz CT molecular complexity index is 1420. The molecule has 0 radical (unpaired) electrons. The molecule has 8 nitrogen and oxygen atoms in total. The van der Waals surface area contributed by atoms with Gasteiger partial charge in [-0.05, 0) is 50.1 Å². The first-order valence-corrected chi connectivity index (χ1v) is 10.4. The number of Topliss-reactive ketones (excluding diaryl/α,β-unsaturated/α-hetero) is 1. The average Bonchev–Trinajstić information content (AvgIpc) is 2.82. The molecule has 1 aliphatic carbocycles. The number of nitrogens with zero attached hydrogens (tertiary/aromatic N) is 1. The molecule has 170 valence electrons. The largest absolute Gasteiger partial charge is 0.450 e. The van der Waals surface area contributed by atoms with Crippen LogP contribution >= 0.6 is 0 Å². The van der Waals surface area contributed by atoms with Gasteiger partial charge in [-0.2, -0.15) is 0 Å². The van der Waals surface area contributed by atoms with E-state index in [2.05, 4.69) is 0 Å². The number of hydrogen-bond acceptors (Lipinski definition) is 7. The number of ketones is 3. The van der Waals surface area contributed by atoms with Crippen molar-refractivity contribution in [2.45, 2.75) is 26.9 Å². The fourth-order valence-electron chi connectivity index (χ4n) is 3.93. The van der Waals surface area contributed by atoms with Crippen LogP contribution in [-0.2, 0) is 4.74 Å². The van der Waals surface area contributed by atoms with Crippen molar-refractivity contribution in [2.24, 2.45) is 0 Å². The van der Waals surface area contributed by atoms with E-state index >= 15 is 0 Å². The standard InChI is InChI=1S/C26H19NO7/c1-13-8-9-16(12-14(13)2)23(28)15(3)34-26(31)20-11-10-19-21(22(20)27(32)33)25(30)18-7-5-4-6-17(18)24(19)29/h4-12,15H,1-3H3. The topological polar surface area (TPSA) is 121 Å². The zero-order valence-electron chi connectivity index (χ0n) is 18.6. The van der Waals surface area contributed by atoms with E-state index in [1.165, 1.54) is 25.1 Å². The van der Waals surface area contributed by atoms with Crippen molar-refractivity contribution in [3.05, 3.63) is 109 Å². The second-order valence-corrected chi connectivity index (χ2v) is 8.06. The minimum atomic E-state index is -1.23. The Labute approximate surface area is 194 Å². The van der Waals surface area contributed by atoms with Gasteiger partial charge in [-0.15, -0.1) is 0 Å². The molecule has 34 heavy (non-hydrogen) atoms. The van der Waals surface area contributed by atoms with Crippen molar-refractivity contribution in [1.82, 2.24) is 0 Å². The summed E-state index contributed by atoms with van der Waals surface area (Å²) in [5, 5.41) is 11.9. The van der Waals surface area contributed by atoms with E-state index in [0.29, 0.717) is 5.56 Å². The van der Waals surface area contributed by atoms with Gasteiger partial charge >= 0.3 is 5.97 Å². The Morgan fingerprint density at radius 2 is 1.53 bits per heavy atom. The lowest BCUT2D eigenvalue weighted by Crippen LogP contribution is -2.27. The van der Waals surface area contributed by atoms with Crippen LogP contribution in [0.5, 0.6) is 0 Å². The van der Waals surface area contributed by atoms with Gasteiger partial charge in [0.25, 0.3) is 5.69 Å². The molecule has 0 fully saturated rings. The van der Waals surface area contributed by atoms with Crippen LogP contribution in [0.25, 0.3) is 0 Å². The summed E-state index contributed by atoms with van der Waals surface area (Å²) in [6, 6.07) is 13.3. The fraction of sp³-hybridized carbons (Fsp3) is 0.154. The molecule has 0 N–H and O–H groups in total. The van der Waals surface area contributed by atoms with Gasteiger partial charge < -0.3 is 4.74 Å². The monoisotopic (exact) mass is 457 g/mol.